The van der Waals surface area contributed by atoms with Gasteiger partial charge in [-0.25, -0.2) is 18.4 Å². The zero-order chi connectivity index (χ0) is 23.6. The third-order valence-electron chi connectivity index (χ3n) is 5.10. The molecule has 1 aromatic carbocycles. The van der Waals surface area contributed by atoms with Crippen LogP contribution in [0.4, 0.5) is 23.0 Å². The smallest absolute Gasteiger partial charge is 0.280 e. The van der Waals surface area contributed by atoms with E-state index < -0.39 is 36.1 Å². The Morgan fingerprint density at radius 3 is 2.06 bits per heavy atom. The summed E-state index contributed by atoms with van der Waals surface area (Å²) in [7, 11) is -4.17. The molecule has 2 heterocycles. The van der Waals surface area contributed by atoms with E-state index in [1.165, 1.54) is 11.2 Å². The van der Waals surface area contributed by atoms with Gasteiger partial charge in [-0.15, -0.1) is 0 Å². The maximum absolute atomic E-state index is 13.1. The van der Waals surface area contributed by atoms with Crippen LogP contribution in [-0.4, -0.2) is 65.3 Å². The summed E-state index contributed by atoms with van der Waals surface area (Å²) >= 11 is 0. The van der Waals surface area contributed by atoms with Crippen LogP contribution in [0.3, 0.4) is 0 Å². The number of nitrogens with zero attached hydrogens (tertiary/aromatic N) is 6. The molecule has 1 aliphatic rings. The molecule has 3 rings (SSSR count). The molecule has 0 amide bonds. The van der Waals surface area contributed by atoms with Crippen molar-refractivity contribution in [1.29, 1.82) is 0 Å². The number of sulfonamides is 1. The Morgan fingerprint density at radius 2 is 1.56 bits per heavy atom. The maximum Gasteiger partial charge on any atom is 0.280 e. The lowest BCUT2D eigenvalue weighted by Gasteiger charge is -2.34. The number of anilines is 2. The van der Waals surface area contributed by atoms with E-state index in [2.05, 4.69) is 15.3 Å². The molecule has 32 heavy (non-hydrogen) atoms. The summed E-state index contributed by atoms with van der Waals surface area (Å²) in [5.74, 6) is 1.91. The summed E-state index contributed by atoms with van der Waals surface area (Å²) in [6, 6.07) is 3.54. The van der Waals surface area contributed by atoms with Crippen molar-refractivity contribution in [2.24, 2.45) is 0 Å². The number of nitro benzene ring substituents is 2. The lowest BCUT2D eigenvalue weighted by Crippen LogP contribution is -2.49. The van der Waals surface area contributed by atoms with E-state index >= 15 is 0 Å². The van der Waals surface area contributed by atoms with Gasteiger partial charge in [-0.05, 0) is 20.8 Å². The minimum absolute atomic E-state index is 0.0946. The molecule has 0 aliphatic carbocycles. The second-order valence-electron chi connectivity index (χ2n) is 7.18. The Morgan fingerprint density at radius 1 is 1.00 bits per heavy atom. The van der Waals surface area contributed by atoms with E-state index in [1.54, 1.807) is 13.0 Å². The van der Waals surface area contributed by atoms with Crippen LogP contribution < -0.4 is 10.2 Å². The second kappa shape index (κ2) is 9.00. The zero-order valence-electron chi connectivity index (χ0n) is 17.8. The standard InChI is InChI=1S/C18H23N7O6S/c1-4-19-17-11-18(21-13(3)20-17)22-5-7-23(8-6-22)32(30,31)14-9-15(24(26)27)12(2)16(10-14)25(28)29/h9-11H,4-8H2,1-3H3,(H,19,20,21). The number of aromatic nitrogens is 2. The number of hydrogen-bond donors (Lipinski definition) is 1. The van der Waals surface area contributed by atoms with Crippen molar-refractivity contribution < 1.29 is 18.3 Å². The van der Waals surface area contributed by atoms with Gasteiger partial charge in [0.15, 0.2) is 0 Å². The van der Waals surface area contributed by atoms with Crippen LogP contribution in [0, 0.1) is 34.1 Å². The van der Waals surface area contributed by atoms with Gasteiger partial charge in [0.1, 0.15) is 23.0 Å². The predicted octanol–water partition coefficient (Wildman–Crippen LogP) is 1.85. The molecule has 172 valence electrons. The monoisotopic (exact) mass is 465 g/mol. The van der Waals surface area contributed by atoms with Crippen molar-refractivity contribution in [3.63, 3.8) is 0 Å². The largest absolute Gasteiger partial charge is 0.370 e. The van der Waals surface area contributed by atoms with E-state index in [1.807, 2.05) is 11.8 Å². The number of rotatable bonds is 7. The Balaban J connectivity index is 1.85. The summed E-state index contributed by atoms with van der Waals surface area (Å²) in [5, 5.41) is 25.7. The minimum Gasteiger partial charge on any atom is -0.370 e. The van der Waals surface area contributed by atoms with Gasteiger partial charge in [0.05, 0.1) is 14.7 Å². The highest BCUT2D eigenvalue weighted by Crippen LogP contribution is 2.33. The van der Waals surface area contributed by atoms with Gasteiger partial charge in [0.2, 0.25) is 10.0 Å². The normalized spacial score (nSPS) is 14.9. The highest BCUT2D eigenvalue weighted by molar-refractivity contribution is 7.89. The molecule has 0 saturated carbocycles. The molecule has 1 aliphatic heterocycles. The van der Waals surface area contributed by atoms with Gasteiger partial charge in [-0.1, -0.05) is 0 Å². The summed E-state index contributed by atoms with van der Waals surface area (Å²) in [4.78, 5) is 31.1. The van der Waals surface area contributed by atoms with Gasteiger partial charge in [-0.3, -0.25) is 20.2 Å². The van der Waals surface area contributed by atoms with Gasteiger partial charge in [0.25, 0.3) is 11.4 Å². The number of piperazine rings is 1. The molecule has 0 radical (unpaired) electrons. The fourth-order valence-corrected chi connectivity index (χ4v) is 4.94. The maximum atomic E-state index is 13.1. The molecule has 1 saturated heterocycles. The highest BCUT2D eigenvalue weighted by Gasteiger charge is 2.33. The van der Waals surface area contributed by atoms with Gasteiger partial charge in [0, 0.05) is 50.9 Å². The molecule has 0 unspecified atom stereocenters. The first-order valence-electron chi connectivity index (χ1n) is 9.82. The topological polar surface area (TPSA) is 165 Å². The fourth-order valence-electron chi connectivity index (χ4n) is 3.48. The molecule has 0 bridgehead atoms. The van der Waals surface area contributed by atoms with E-state index in [0.717, 1.165) is 12.1 Å². The molecular formula is C18H23N7O6S. The first-order valence-corrected chi connectivity index (χ1v) is 11.3. The SMILES string of the molecule is CCNc1cc(N2CCN(S(=O)(=O)c3cc([N+](=O)[O-])c(C)c([N+](=O)[O-])c3)CC2)nc(C)n1. The van der Waals surface area contributed by atoms with Crippen molar-refractivity contribution in [2.75, 3.05) is 42.9 Å². The van der Waals surface area contributed by atoms with E-state index in [9.17, 15) is 28.6 Å². The number of aryl methyl sites for hydroxylation is 1. The van der Waals surface area contributed by atoms with Crippen LogP contribution in [0.5, 0.6) is 0 Å². The van der Waals surface area contributed by atoms with Crippen molar-refractivity contribution in [2.45, 2.75) is 25.7 Å². The van der Waals surface area contributed by atoms with Crippen LogP contribution in [-0.2, 0) is 10.0 Å². The molecule has 0 spiro atoms. The predicted molar refractivity (Wildman–Crippen MR) is 116 cm³/mol. The van der Waals surface area contributed by atoms with Crippen molar-refractivity contribution in [3.05, 3.63) is 49.8 Å². The fraction of sp³-hybridized carbons (Fsp3) is 0.444. The van der Waals surface area contributed by atoms with Crippen LogP contribution in [0.1, 0.15) is 18.3 Å². The number of nitrogens with one attached hydrogen (secondary N) is 1. The summed E-state index contributed by atoms with van der Waals surface area (Å²) in [5.41, 5.74) is -1.41. The molecule has 14 heteroatoms. The summed E-state index contributed by atoms with van der Waals surface area (Å²) in [6.07, 6.45) is 0. The molecule has 13 nitrogen and oxygen atoms in total. The molecule has 2 aromatic rings. The summed E-state index contributed by atoms with van der Waals surface area (Å²) < 4.78 is 27.4. The number of benzene rings is 1. The first kappa shape index (κ1) is 23.3. The molecular weight excluding hydrogens is 442 g/mol. The number of nitro groups is 2. The molecule has 1 aromatic heterocycles. The highest BCUT2D eigenvalue weighted by atomic mass is 32.2. The van der Waals surface area contributed by atoms with Gasteiger partial charge >= 0.3 is 0 Å². The Kier molecular flexibility index (Phi) is 6.55. The van der Waals surface area contributed by atoms with Crippen LogP contribution in [0.25, 0.3) is 0 Å². The average Bonchev–Trinajstić information content (AvgIpc) is 2.73. The summed E-state index contributed by atoms with van der Waals surface area (Å²) in [6.45, 7) is 6.47. The van der Waals surface area contributed by atoms with Crippen molar-refractivity contribution in [3.8, 4) is 0 Å². The quantitative estimate of drug-likeness (QED) is 0.471. The number of hydrogen-bond acceptors (Lipinski definition) is 10. The van der Waals surface area contributed by atoms with E-state index in [-0.39, 0.29) is 18.7 Å². The van der Waals surface area contributed by atoms with Crippen molar-refractivity contribution in [1.82, 2.24) is 14.3 Å². The van der Waals surface area contributed by atoms with E-state index in [4.69, 9.17) is 0 Å². The average molecular weight is 465 g/mol. The Labute approximate surface area is 184 Å². The van der Waals surface area contributed by atoms with Crippen LogP contribution in [0.15, 0.2) is 23.1 Å². The molecule has 0 atom stereocenters. The zero-order valence-corrected chi connectivity index (χ0v) is 18.6. The second-order valence-corrected chi connectivity index (χ2v) is 9.12. The van der Waals surface area contributed by atoms with Gasteiger partial charge in [-0.2, -0.15) is 4.31 Å². The van der Waals surface area contributed by atoms with Crippen LogP contribution >= 0.6 is 0 Å². The lowest BCUT2D eigenvalue weighted by molar-refractivity contribution is -0.395. The third kappa shape index (κ3) is 4.60. The van der Waals surface area contributed by atoms with Crippen molar-refractivity contribution >= 4 is 33.0 Å². The third-order valence-corrected chi connectivity index (χ3v) is 6.98. The van der Waals surface area contributed by atoms with Gasteiger partial charge < -0.3 is 10.2 Å². The molecule has 1 fully saturated rings. The lowest BCUT2D eigenvalue weighted by atomic mass is 10.1. The van der Waals surface area contributed by atoms with E-state index in [0.29, 0.717) is 37.1 Å². The Hall–Kier alpha value is -3.39. The molecule has 1 N–H and O–H groups in total. The van der Waals surface area contributed by atoms with Crippen LogP contribution in [0.2, 0.25) is 0 Å². The Bertz CT molecular complexity index is 1130. The minimum atomic E-state index is -4.17. The first-order chi connectivity index (χ1) is 15.0.